The lowest BCUT2D eigenvalue weighted by Crippen LogP contribution is -2.36. The third-order valence-corrected chi connectivity index (χ3v) is 2.22. The van der Waals surface area contributed by atoms with Crippen LogP contribution in [0.2, 0.25) is 0 Å². The number of nitrogens with two attached hydrogens (primary N) is 1. The van der Waals surface area contributed by atoms with Gasteiger partial charge in [0.15, 0.2) is 0 Å². The van der Waals surface area contributed by atoms with Crippen molar-refractivity contribution >= 4 is 15.9 Å². The van der Waals surface area contributed by atoms with Gasteiger partial charge in [-0.05, 0) is 34.5 Å². The average Bonchev–Trinajstić information content (AvgIpc) is 2.03. The van der Waals surface area contributed by atoms with E-state index < -0.39 is 5.60 Å². The van der Waals surface area contributed by atoms with Gasteiger partial charge < -0.3 is 10.8 Å². The molecular formula is C9H13BrN2O. The van der Waals surface area contributed by atoms with Crippen LogP contribution in [-0.4, -0.2) is 22.2 Å². The standard InChI is InChI=1S/C9H13BrN2O/c1-9(13,6-11)3-7-2-8(10)5-12-4-7/h2,4-5,13H,3,6,11H2,1H3. The van der Waals surface area contributed by atoms with Crippen LogP contribution >= 0.6 is 15.9 Å². The molecule has 0 radical (unpaired) electrons. The van der Waals surface area contributed by atoms with Crippen molar-refractivity contribution in [1.82, 2.24) is 4.98 Å². The number of aliphatic hydroxyl groups is 1. The molecule has 0 bridgehead atoms. The number of halogens is 1. The Morgan fingerprint density at radius 2 is 2.31 bits per heavy atom. The molecule has 1 unspecified atom stereocenters. The predicted octanol–water partition coefficient (Wildman–Crippen LogP) is 1.10. The zero-order valence-corrected chi connectivity index (χ0v) is 9.08. The van der Waals surface area contributed by atoms with Crippen LogP contribution in [0, 0.1) is 0 Å². The van der Waals surface area contributed by atoms with Gasteiger partial charge in [-0.25, -0.2) is 0 Å². The second-order valence-electron chi connectivity index (χ2n) is 3.39. The lowest BCUT2D eigenvalue weighted by atomic mass is 9.98. The monoisotopic (exact) mass is 244 g/mol. The molecule has 0 aliphatic carbocycles. The second-order valence-corrected chi connectivity index (χ2v) is 4.30. The van der Waals surface area contributed by atoms with Gasteiger partial charge in [-0.2, -0.15) is 0 Å². The summed E-state index contributed by atoms with van der Waals surface area (Å²) in [5.41, 5.74) is 5.54. The molecule has 4 heteroatoms. The molecule has 0 aliphatic heterocycles. The van der Waals surface area contributed by atoms with Gasteiger partial charge in [0, 0.05) is 29.8 Å². The molecule has 0 saturated heterocycles. The van der Waals surface area contributed by atoms with E-state index in [1.165, 1.54) is 0 Å². The molecule has 0 amide bonds. The van der Waals surface area contributed by atoms with E-state index in [9.17, 15) is 5.11 Å². The molecule has 1 aromatic rings. The van der Waals surface area contributed by atoms with E-state index in [0.717, 1.165) is 10.0 Å². The van der Waals surface area contributed by atoms with Gasteiger partial charge in [0.1, 0.15) is 0 Å². The first-order chi connectivity index (χ1) is 6.03. The number of hydrogen-bond donors (Lipinski definition) is 2. The van der Waals surface area contributed by atoms with Crippen LogP contribution in [0.15, 0.2) is 22.9 Å². The molecule has 1 heterocycles. The van der Waals surface area contributed by atoms with Gasteiger partial charge in [-0.1, -0.05) is 0 Å². The van der Waals surface area contributed by atoms with Crippen molar-refractivity contribution in [2.75, 3.05) is 6.54 Å². The van der Waals surface area contributed by atoms with E-state index in [1.54, 1.807) is 19.3 Å². The minimum absolute atomic E-state index is 0.250. The topological polar surface area (TPSA) is 59.1 Å². The molecule has 72 valence electrons. The fraction of sp³-hybridized carbons (Fsp3) is 0.444. The molecule has 0 spiro atoms. The van der Waals surface area contributed by atoms with Gasteiger partial charge in [0.25, 0.3) is 0 Å². The number of hydrogen-bond acceptors (Lipinski definition) is 3. The Balaban J connectivity index is 2.74. The highest BCUT2D eigenvalue weighted by Gasteiger charge is 2.18. The first-order valence-electron chi connectivity index (χ1n) is 4.05. The number of aromatic nitrogens is 1. The normalized spacial score (nSPS) is 15.4. The Kier molecular flexibility index (Phi) is 3.41. The van der Waals surface area contributed by atoms with Gasteiger partial charge in [-0.15, -0.1) is 0 Å². The van der Waals surface area contributed by atoms with E-state index in [1.807, 2.05) is 6.07 Å². The highest BCUT2D eigenvalue weighted by atomic mass is 79.9. The SMILES string of the molecule is CC(O)(CN)Cc1cncc(Br)c1. The summed E-state index contributed by atoms with van der Waals surface area (Å²) in [6.07, 6.45) is 3.96. The summed E-state index contributed by atoms with van der Waals surface area (Å²) in [6.45, 7) is 1.97. The van der Waals surface area contributed by atoms with Crippen molar-refractivity contribution in [1.29, 1.82) is 0 Å². The third kappa shape index (κ3) is 3.42. The van der Waals surface area contributed by atoms with Crippen LogP contribution in [0.3, 0.4) is 0 Å². The molecule has 3 nitrogen and oxygen atoms in total. The minimum atomic E-state index is -0.845. The summed E-state index contributed by atoms with van der Waals surface area (Å²) in [4.78, 5) is 4.00. The maximum atomic E-state index is 9.70. The first kappa shape index (κ1) is 10.6. The molecule has 13 heavy (non-hydrogen) atoms. The average molecular weight is 245 g/mol. The molecule has 0 saturated carbocycles. The van der Waals surface area contributed by atoms with E-state index in [4.69, 9.17) is 5.73 Å². The zero-order chi connectivity index (χ0) is 9.90. The van der Waals surface area contributed by atoms with Crippen LogP contribution < -0.4 is 5.73 Å². The van der Waals surface area contributed by atoms with Crippen LogP contribution in [0.1, 0.15) is 12.5 Å². The Bertz CT molecular complexity index is 289. The number of nitrogens with zero attached hydrogens (tertiary/aromatic N) is 1. The van der Waals surface area contributed by atoms with Crippen molar-refractivity contribution in [3.05, 3.63) is 28.5 Å². The van der Waals surface area contributed by atoms with Crippen molar-refractivity contribution < 1.29 is 5.11 Å². The Hall–Kier alpha value is -0.450. The fourth-order valence-corrected chi connectivity index (χ4v) is 1.48. The molecule has 1 aromatic heterocycles. The lowest BCUT2D eigenvalue weighted by molar-refractivity contribution is 0.0695. The molecule has 1 atom stereocenters. The maximum Gasteiger partial charge on any atom is 0.0782 e. The van der Waals surface area contributed by atoms with E-state index >= 15 is 0 Å². The fourth-order valence-electron chi connectivity index (χ4n) is 1.06. The summed E-state index contributed by atoms with van der Waals surface area (Å²) in [5.74, 6) is 0. The third-order valence-electron chi connectivity index (χ3n) is 1.79. The quantitative estimate of drug-likeness (QED) is 0.838. The summed E-state index contributed by atoms with van der Waals surface area (Å²) in [5, 5.41) is 9.70. The highest BCUT2D eigenvalue weighted by Crippen LogP contribution is 2.15. The Morgan fingerprint density at radius 1 is 1.62 bits per heavy atom. The highest BCUT2D eigenvalue weighted by molar-refractivity contribution is 9.10. The van der Waals surface area contributed by atoms with Crippen LogP contribution in [0.25, 0.3) is 0 Å². The smallest absolute Gasteiger partial charge is 0.0782 e. The van der Waals surface area contributed by atoms with Gasteiger partial charge >= 0.3 is 0 Å². The predicted molar refractivity (Wildman–Crippen MR) is 55.3 cm³/mol. The summed E-state index contributed by atoms with van der Waals surface area (Å²) >= 11 is 3.32. The number of pyridine rings is 1. The Morgan fingerprint density at radius 3 is 2.85 bits per heavy atom. The van der Waals surface area contributed by atoms with Crippen LogP contribution in [0.5, 0.6) is 0 Å². The summed E-state index contributed by atoms with van der Waals surface area (Å²) in [7, 11) is 0. The lowest BCUT2D eigenvalue weighted by Gasteiger charge is -2.20. The van der Waals surface area contributed by atoms with Gasteiger partial charge in [-0.3, -0.25) is 4.98 Å². The zero-order valence-electron chi connectivity index (χ0n) is 7.50. The van der Waals surface area contributed by atoms with Gasteiger partial charge in [0.2, 0.25) is 0 Å². The second kappa shape index (κ2) is 4.17. The molecule has 0 aromatic carbocycles. The van der Waals surface area contributed by atoms with Gasteiger partial charge in [0.05, 0.1) is 5.60 Å². The van der Waals surface area contributed by atoms with Crippen molar-refractivity contribution in [3.8, 4) is 0 Å². The maximum absolute atomic E-state index is 9.70. The first-order valence-corrected chi connectivity index (χ1v) is 4.85. The van der Waals surface area contributed by atoms with E-state index in [2.05, 4.69) is 20.9 Å². The number of rotatable bonds is 3. The Labute approximate surface area is 86.1 Å². The van der Waals surface area contributed by atoms with Crippen LogP contribution in [-0.2, 0) is 6.42 Å². The minimum Gasteiger partial charge on any atom is -0.389 e. The molecule has 0 aliphatic rings. The molecule has 3 N–H and O–H groups in total. The molecular weight excluding hydrogens is 232 g/mol. The van der Waals surface area contributed by atoms with Crippen molar-refractivity contribution in [2.24, 2.45) is 5.73 Å². The summed E-state index contributed by atoms with van der Waals surface area (Å²) < 4.78 is 0.915. The van der Waals surface area contributed by atoms with Crippen molar-refractivity contribution in [2.45, 2.75) is 18.9 Å². The van der Waals surface area contributed by atoms with Crippen molar-refractivity contribution in [3.63, 3.8) is 0 Å². The molecule has 0 fully saturated rings. The van der Waals surface area contributed by atoms with E-state index in [-0.39, 0.29) is 6.54 Å². The summed E-state index contributed by atoms with van der Waals surface area (Å²) in [6, 6.07) is 1.93. The molecule has 1 rings (SSSR count). The van der Waals surface area contributed by atoms with E-state index in [0.29, 0.717) is 6.42 Å². The van der Waals surface area contributed by atoms with Crippen LogP contribution in [0.4, 0.5) is 0 Å². The largest absolute Gasteiger partial charge is 0.389 e.